The topological polar surface area (TPSA) is 102 Å². The van der Waals surface area contributed by atoms with Gasteiger partial charge in [-0.15, -0.1) is 0 Å². The van der Waals surface area contributed by atoms with Crippen molar-refractivity contribution in [1.82, 2.24) is 14.5 Å². The third kappa shape index (κ3) is 2.30. The number of hydrogen-bond acceptors (Lipinski definition) is 6. The second-order valence-electron chi connectivity index (χ2n) is 3.81. The molecule has 4 N–H and O–H groups in total. The molecule has 0 amide bonds. The van der Waals surface area contributed by atoms with Crippen LogP contribution in [0.5, 0.6) is 0 Å². The molecule has 0 saturated heterocycles. The van der Waals surface area contributed by atoms with Crippen LogP contribution in [0.1, 0.15) is 12.5 Å². The molecular formula is C11H15N6OSe. The number of nitrogens with one attached hydrogen (secondary N) is 2. The van der Waals surface area contributed by atoms with Crippen LogP contribution in [0.4, 0.5) is 11.6 Å². The van der Waals surface area contributed by atoms with Crippen LogP contribution in [0.2, 0.25) is 0 Å². The van der Waals surface area contributed by atoms with Crippen molar-refractivity contribution in [2.45, 2.75) is 13.7 Å². The summed E-state index contributed by atoms with van der Waals surface area (Å²) in [5, 5.41) is 11.6. The third-order valence-electron chi connectivity index (χ3n) is 2.77. The van der Waals surface area contributed by atoms with E-state index in [2.05, 4.69) is 31.3 Å². The Hall–Kier alpha value is -1.63. The monoisotopic (exact) mass is 327 g/mol. The van der Waals surface area contributed by atoms with Crippen molar-refractivity contribution in [3.8, 4) is 0 Å². The van der Waals surface area contributed by atoms with Crippen molar-refractivity contribution in [3.05, 3.63) is 11.9 Å². The van der Waals surface area contributed by atoms with E-state index in [1.807, 2.05) is 6.92 Å². The van der Waals surface area contributed by atoms with E-state index in [-0.39, 0.29) is 4.61 Å². The fourth-order valence-electron chi connectivity index (χ4n) is 1.92. The average Bonchev–Trinajstić information content (AvgIpc) is 2.68. The SMILES string of the molecule is CCOCn1c(N)c(C(=N)[Se])c2c(NC)ncnc21. The van der Waals surface area contributed by atoms with Gasteiger partial charge in [-0.05, 0) is 0 Å². The molecule has 2 rings (SSSR count). The van der Waals surface area contributed by atoms with Gasteiger partial charge in [0.1, 0.15) is 0 Å². The van der Waals surface area contributed by atoms with Crippen molar-refractivity contribution in [1.29, 1.82) is 5.41 Å². The molecule has 2 heterocycles. The molecule has 1 radical (unpaired) electrons. The number of aromatic nitrogens is 3. The zero-order chi connectivity index (χ0) is 14.0. The maximum absolute atomic E-state index is 7.85. The van der Waals surface area contributed by atoms with Gasteiger partial charge in [0.15, 0.2) is 0 Å². The van der Waals surface area contributed by atoms with E-state index < -0.39 is 0 Å². The Morgan fingerprint density at radius 2 is 2.32 bits per heavy atom. The molecule has 101 valence electrons. The molecule has 0 aliphatic carbocycles. The van der Waals surface area contributed by atoms with Crippen LogP contribution in [0.25, 0.3) is 11.0 Å². The minimum atomic E-state index is 0.254. The Bertz CT molecular complexity index is 623. The molecule has 0 aliphatic heterocycles. The molecule has 0 bridgehead atoms. The molecule has 0 atom stereocenters. The van der Waals surface area contributed by atoms with Gasteiger partial charge >= 0.3 is 118 Å². The Morgan fingerprint density at radius 3 is 2.89 bits per heavy atom. The summed E-state index contributed by atoms with van der Waals surface area (Å²) in [6.07, 6.45) is 1.46. The number of anilines is 2. The fourth-order valence-corrected chi connectivity index (χ4v) is 2.35. The Balaban J connectivity index is 2.76. The van der Waals surface area contributed by atoms with Gasteiger partial charge < -0.3 is 0 Å². The minimum absolute atomic E-state index is 0.254. The Morgan fingerprint density at radius 1 is 1.58 bits per heavy atom. The first kappa shape index (κ1) is 13.8. The molecule has 2 aromatic heterocycles. The van der Waals surface area contributed by atoms with Crippen LogP contribution in [0.3, 0.4) is 0 Å². The molecule has 8 heteroatoms. The standard InChI is InChI=1S/C11H15N6OSe/c1-3-18-5-17-8(12)6(9(13)19)7-10(14-2)15-4-16-11(7)17/h4,13H,3,5,12H2,1-2H3,(H,14,15,16). The predicted molar refractivity (Wildman–Crippen MR) is 75.7 cm³/mol. The second-order valence-corrected chi connectivity index (χ2v) is 4.67. The molecule has 0 unspecified atom stereocenters. The zero-order valence-corrected chi connectivity index (χ0v) is 12.4. The van der Waals surface area contributed by atoms with Crippen molar-refractivity contribution in [2.24, 2.45) is 0 Å². The van der Waals surface area contributed by atoms with E-state index >= 15 is 0 Å². The molecule has 7 nitrogen and oxygen atoms in total. The fraction of sp³-hybridized carbons (Fsp3) is 0.364. The number of nitrogen functional groups attached to an aromatic ring is 1. The number of nitrogens with zero attached hydrogens (tertiary/aromatic N) is 3. The van der Waals surface area contributed by atoms with Gasteiger partial charge in [0.05, 0.1) is 0 Å². The summed E-state index contributed by atoms with van der Waals surface area (Å²) in [5.74, 6) is 1.09. The summed E-state index contributed by atoms with van der Waals surface area (Å²) in [6.45, 7) is 2.78. The Kier molecular flexibility index (Phi) is 4.04. The molecule has 2 aromatic rings. The molecular weight excluding hydrogens is 311 g/mol. The number of nitrogens with two attached hydrogens (primary N) is 1. The van der Waals surface area contributed by atoms with Crippen LogP contribution in [0.15, 0.2) is 6.33 Å². The van der Waals surface area contributed by atoms with E-state index in [0.717, 1.165) is 5.39 Å². The summed E-state index contributed by atoms with van der Waals surface area (Å²) in [7, 11) is 1.77. The van der Waals surface area contributed by atoms with Gasteiger partial charge in [-0.25, -0.2) is 0 Å². The van der Waals surface area contributed by atoms with Crippen LogP contribution < -0.4 is 11.1 Å². The van der Waals surface area contributed by atoms with Gasteiger partial charge in [0.25, 0.3) is 0 Å². The van der Waals surface area contributed by atoms with Gasteiger partial charge in [0.2, 0.25) is 0 Å². The van der Waals surface area contributed by atoms with Crippen LogP contribution in [-0.4, -0.2) is 48.8 Å². The van der Waals surface area contributed by atoms with Gasteiger partial charge in [-0.1, -0.05) is 0 Å². The summed E-state index contributed by atoms with van der Waals surface area (Å²) in [4.78, 5) is 8.41. The van der Waals surface area contributed by atoms with E-state index in [1.165, 1.54) is 6.33 Å². The summed E-state index contributed by atoms with van der Waals surface area (Å²) < 4.78 is 7.39. The molecule has 0 spiro atoms. The maximum atomic E-state index is 7.85. The van der Waals surface area contributed by atoms with Gasteiger partial charge in [-0.3, -0.25) is 0 Å². The summed E-state index contributed by atoms with van der Waals surface area (Å²) >= 11 is 2.68. The second kappa shape index (κ2) is 5.56. The molecule has 0 aromatic carbocycles. The zero-order valence-electron chi connectivity index (χ0n) is 10.7. The van der Waals surface area contributed by atoms with E-state index in [1.54, 1.807) is 11.6 Å². The van der Waals surface area contributed by atoms with Crippen molar-refractivity contribution in [3.63, 3.8) is 0 Å². The van der Waals surface area contributed by atoms with Crippen molar-refractivity contribution < 1.29 is 4.74 Å². The quantitative estimate of drug-likeness (QED) is 0.550. The van der Waals surface area contributed by atoms with Crippen LogP contribution >= 0.6 is 0 Å². The third-order valence-corrected chi connectivity index (χ3v) is 3.20. The molecule has 19 heavy (non-hydrogen) atoms. The first-order chi connectivity index (χ1) is 9.11. The molecule has 0 saturated carbocycles. The van der Waals surface area contributed by atoms with E-state index in [4.69, 9.17) is 15.9 Å². The number of hydrogen-bond donors (Lipinski definition) is 3. The van der Waals surface area contributed by atoms with Crippen molar-refractivity contribution >= 4 is 43.3 Å². The first-order valence-corrected chi connectivity index (χ1v) is 6.61. The van der Waals surface area contributed by atoms with Crippen LogP contribution in [-0.2, 0) is 11.5 Å². The number of rotatable bonds is 5. The van der Waals surface area contributed by atoms with Crippen molar-refractivity contribution in [2.75, 3.05) is 24.7 Å². The molecule has 0 aliphatic rings. The number of ether oxygens (including phenoxy) is 1. The molecule has 0 fully saturated rings. The van der Waals surface area contributed by atoms with E-state index in [0.29, 0.717) is 36.2 Å². The predicted octanol–water partition coefficient (Wildman–Crippen LogP) is 0.543. The average molecular weight is 326 g/mol. The Labute approximate surface area is 118 Å². The summed E-state index contributed by atoms with van der Waals surface area (Å²) in [5.41, 5.74) is 7.36. The first-order valence-electron chi connectivity index (χ1n) is 5.75. The van der Waals surface area contributed by atoms with Gasteiger partial charge in [0, 0.05) is 0 Å². The normalized spacial score (nSPS) is 10.8. The number of fused-ring (bicyclic) bond motifs is 1. The van der Waals surface area contributed by atoms with Gasteiger partial charge in [-0.2, -0.15) is 0 Å². The van der Waals surface area contributed by atoms with E-state index in [9.17, 15) is 0 Å². The summed E-state index contributed by atoms with van der Waals surface area (Å²) in [6, 6.07) is 0. The van der Waals surface area contributed by atoms with Crippen LogP contribution in [0, 0.1) is 5.41 Å².